The van der Waals surface area contributed by atoms with E-state index < -0.39 is 0 Å². The molecule has 4 nitrogen and oxygen atoms in total. The van der Waals surface area contributed by atoms with Gasteiger partial charge in [0.05, 0.1) is 0 Å². The summed E-state index contributed by atoms with van der Waals surface area (Å²) >= 11 is 6.02. The van der Waals surface area contributed by atoms with Gasteiger partial charge < -0.3 is 15.4 Å². The Morgan fingerprint density at radius 1 is 1.42 bits per heavy atom. The van der Waals surface area contributed by atoms with E-state index >= 15 is 0 Å². The fourth-order valence-corrected chi connectivity index (χ4v) is 2.17. The van der Waals surface area contributed by atoms with E-state index in [1.54, 1.807) is 25.3 Å². The number of carbonyl (C=O) groups is 1. The third-order valence-corrected chi connectivity index (χ3v) is 3.43. The van der Waals surface area contributed by atoms with Gasteiger partial charge in [-0.05, 0) is 11.6 Å². The van der Waals surface area contributed by atoms with Crippen LogP contribution in [0.5, 0.6) is 0 Å². The van der Waals surface area contributed by atoms with E-state index in [1.807, 2.05) is 25.1 Å². The minimum Gasteiger partial charge on any atom is -0.717 e. The Hall–Kier alpha value is -1.28. The van der Waals surface area contributed by atoms with Crippen LogP contribution in [-0.4, -0.2) is 17.4 Å². The van der Waals surface area contributed by atoms with Crippen molar-refractivity contribution in [3.05, 3.63) is 75.6 Å². The maximum Gasteiger partial charge on any atom is 2.00 e. The predicted molar refractivity (Wildman–Crippen MR) is 92.5 cm³/mol. The molecule has 24 heavy (non-hydrogen) atoms. The van der Waals surface area contributed by atoms with E-state index in [9.17, 15) is 4.79 Å². The van der Waals surface area contributed by atoms with Crippen molar-refractivity contribution in [2.24, 2.45) is 0 Å². The maximum atomic E-state index is 12.0. The summed E-state index contributed by atoms with van der Waals surface area (Å²) in [4.78, 5) is 16.0. The molecule has 1 amide bonds. The topological polar surface area (TPSA) is 58.2 Å². The molecule has 0 unspecified atom stereocenters. The van der Waals surface area contributed by atoms with Crippen LogP contribution in [0.3, 0.4) is 0 Å². The van der Waals surface area contributed by atoms with Crippen LogP contribution in [-0.2, 0) is 11.3 Å². The van der Waals surface area contributed by atoms with E-state index in [-0.39, 0.29) is 37.0 Å². The quantitative estimate of drug-likeness (QED) is 0.286. The fourth-order valence-electron chi connectivity index (χ4n) is 1.99. The molecule has 0 spiro atoms. The van der Waals surface area contributed by atoms with Gasteiger partial charge in [-0.3, -0.25) is 17.2 Å². The third-order valence-electron chi connectivity index (χ3n) is 3.09. The SMILES string of the molecule is C[C-]=C(C(=O)[N-]CC)c1[c-]ccc([N-]Cc2cccnc2Cl)c1.[U+2]. The normalized spacial score (nSPS) is 10.7. The van der Waals surface area contributed by atoms with Crippen molar-refractivity contribution < 1.29 is 35.9 Å². The molecular weight excluding hydrogens is 548 g/mol. The molecule has 0 aliphatic carbocycles. The number of rotatable bonds is 6. The summed E-state index contributed by atoms with van der Waals surface area (Å²) in [5.74, 6) is -0.293. The van der Waals surface area contributed by atoms with Crippen molar-refractivity contribution in [2.75, 3.05) is 6.54 Å². The molecule has 122 valence electrons. The van der Waals surface area contributed by atoms with Gasteiger partial charge in [-0.25, -0.2) is 22.8 Å². The van der Waals surface area contributed by atoms with Gasteiger partial charge in [0.25, 0.3) is 0 Å². The molecule has 0 saturated carbocycles. The van der Waals surface area contributed by atoms with Crippen molar-refractivity contribution in [3.8, 4) is 0 Å². The van der Waals surface area contributed by atoms with Gasteiger partial charge in [0.2, 0.25) is 0 Å². The number of allylic oxidation sites excluding steroid dienone is 1. The average Bonchev–Trinajstić information content (AvgIpc) is 2.55. The summed E-state index contributed by atoms with van der Waals surface area (Å²) in [5, 5.41) is 8.83. The van der Waals surface area contributed by atoms with Crippen molar-refractivity contribution in [3.63, 3.8) is 0 Å². The first-order valence-electron chi connectivity index (χ1n) is 7.21. The number of nitrogens with zero attached hydrogens (tertiary/aromatic N) is 3. The second-order valence-electron chi connectivity index (χ2n) is 4.63. The summed E-state index contributed by atoms with van der Waals surface area (Å²) < 4.78 is 0. The molecule has 6 heteroatoms. The number of carbonyl (C=O) groups excluding carboxylic acids is 1. The number of hydrogen-bond donors (Lipinski definition) is 0. The zero-order valence-corrected chi connectivity index (χ0v) is 18.4. The molecule has 0 aliphatic rings. The summed E-state index contributed by atoms with van der Waals surface area (Å²) in [6.07, 6.45) is 4.52. The molecule has 1 aromatic heterocycles. The second-order valence-corrected chi connectivity index (χ2v) is 4.99. The van der Waals surface area contributed by atoms with Crippen LogP contribution in [0.2, 0.25) is 5.15 Å². The predicted octanol–water partition coefficient (Wildman–Crippen LogP) is 4.87. The Morgan fingerprint density at radius 2 is 2.21 bits per heavy atom. The Labute approximate surface area is 171 Å². The molecule has 0 N–H and O–H groups in total. The first kappa shape index (κ1) is 20.8. The van der Waals surface area contributed by atoms with Gasteiger partial charge in [0.15, 0.2) is 0 Å². The van der Waals surface area contributed by atoms with Gasteiger partial charge in [-0.15, -0.1) is 20.0 Å². The van der Waals surface area contributed by atoms with Crippen LogP contribution in [0.15, 0.2) is 36.5 Å². The standard InChI is InChI=1S/C18H17ClN3O.U/c1-3-16(18(23)20-4-2)13-7-5-9-15(11-13)22-12-14-8-6-10-21-17(14)19;/h5-6,8-11H,4,12H2,1-2H3,(H,20,23);/q-3;+2/p-1. The van der Waals surface area contributed by atoms with Crippen LogP contribution in [0, 0.1) is 43.3 Å². The van der Waals surface area contributed by atoms with Crippen molar-refractivity contribution in [2.45, 2.75) is 20.4 Å². The number of pyridine rings is 1. The Morgan fingerprint density at radius 3 is 2.88 bits per heavy atom. The number of hydrogen-bond acceptors (Lipinski definition) is 2. The van der Waals surface area contributed by atoms with Gasteiger partial charge in [0, 0.05) is 6.20 Å². The molecule has 0 radical (unpaired) electrons. The molecular formula is C18H16ClN3OU-2. The first-order valence-corrected chi connectivity index (χ1v) is 7.59. The monoisotopic (exact) mass is 563 g/mol. The molecule has 2 rings (SSSR count). The molecule has 0 aliphatic heterocycles. The third kappa shape index (κ3) is 5.66. The molecule has 0 atom stereocenters. The van der Waals surface area contributed by atoms with E-state index in [4.69, 9.17) is 11.6 Å². The fraction of sp³-hybridized carbons (Fsp3) is 0.222. The average molecular weight is 564 g/mol. The molecule has 1 aromatic carbocycles. The van der Waals surface area contributed by atoms with E-state index in [2.05, 4.69) is 27.8 Å². The van der Waals surface area contributed by atoms with E-state index in [0.717, 1.165) is 11.3 Å². The Kier molecular flexibility index (Phi) is 9.14. The smallest absolute Gasteiger partial charge is 0.717 e. The number of likely N-dealkylation sites (N-methyl/N-ethyl adjacent to an activating group) is 1. The van der Waals surface area contributed by atoms with Crippen LogP contribution >= 0.6 is 11.6 Å². The number of aromatic nitrogens is 1. The zero-order valence-electron chi connectivity index (χ0n) is 13.5. The van der Waals surface area contributed by atoms with E-state index in [0.29, 0.717) is 29.4 Å². The van der Waals surface area contributed by atoms with E-state index in [1.165, 1.54) is 0 Å². The molecule has 1 heterocycles. The number of benzene rings is 1. The first-order chi connectivity index (χ1) is 11.2. The van der Waals surface area contributed by atoms with Crippen LogP contribution in [0.25, 0.3) is 16.2 Å². The Bertz CT molecular complexity index is 719. The minimum absolute atomic E-state index is 0. The largest absolute Gasteiger partial charge is 2.00 e. The van der Waals surface area contributed by atoms with Gasteiger partial charge >= 0.3 is 31.1 Å². The van der Waals surface area contributed by atoms with Crippen LogP contribution in [0.4, 0.5) is 5.69 Å². The molecule has 2 aromatic rings. The minimum atomic E-state index is -0.293. The molecule has 0 saturated heterocycles. The maximum absolute atomic E-state index is 12.0. The van der Waals surface area contributed by atoms with Crippen LogP contribution < -0.4 is 0 Å². The second kappa shape index (κ2) is 10.6. The summed E-state index contributed by atoms with van der Waals surface area (Å²) in [6, 6.07) is 12.1. The van der Waals surface area contributed by atoms with Crippen molar-refractivity contribution in [1.82, 2.24) is 4.98 Å². The van der Waals surface area contributed by atoms with Gasteiger partial charge in [-0.1, -0.05) is 30.5 Å². The Balaban J connectivity index is 0.00000288. The van der Waals surface area contributed by atoms with Crippen LogP contribution in [0.1, 0.15) is 25.0 Å². The van der Waals surface area contributed by atoms with Gasteiger partial charge in [-0.2, -0.15) is 12.1 Å². The van der Waals surface area contributed by atoms with Crippen molar-refractivity contribution in [1.29, 1.82) is 0 Å². The van der Waals surface area contributed by atoms with Gasteiger partial charge in [0.1, 0.15) is 5.15 Å². The summed E-state index contributed by atoms with van der Waals surface area (Å²) in [7, 11) is 0. The van der Waals surface area contributed by atoms with Crippen molar-refractivity contribution >= 4 is 28.8 Å². The molecule has 0 fully saturated rings. The molecule has 0 bridgehead atoms. The number of amides is 1. The zero-order chi connectivity index (χ0) is 16.7. The summed E-state index contributed by atoms with van der Waals surface area (Å²) in [5.41, 5.74) is 2.62. The summed E-state index contributed by atoms with van der Waals surface area (Å²) in [6.45, 7) is 4.36. The number of halogens is 1.